The number of nitrogens with zero attached hydrogens (tertiary/aromatic N) is 1. The molecule has 0 aliphatic rings. The first kappa shape index (κ1) is 14.5. The Hall–Kier alpha value is -1.53. The summed E-state index contributed by atoms with van der Waals surface area (Å²) in [5, 5.41) is 8.65. The van der Waals surface area contributed by atoms with E-state index in [1.807, 2.05) is 0 Å². The molecule has 18 heavy (non-hydrogen) atoms. The van der Waals surface area contributed by atoms with Gasteiger partial charge in [0, 0.05) is 6.61 Å². The molecule has 1 rings (SSSR count). The minimum Gasteiger partial charge on any atom is -0.491 e. The lowest BCUT2D eigenvalue weighted by atomic mass is 10.1. The number of nitriles is 1. The minimum absolute atomic E-state index is 0.549. The van der Waals surface area contributed by atoms with Crippen molar-refractivity contribution >= 4 is 0 Å². The van der Waals surface area contributed by atoms with Gasteiger partial charge in [0.05, 0.1) is 18.2 Å². The lowest BCUT2D eigenvalue weighted by Crippen LogP contribution is -2.07. The van der Waals surface area contributed by atoms with Crippen molar-refractivity contribution in [3.05, 3.63) is 29.8 Å². The zero-order chi connectivity index (χ0) is 13.2. The van der Waals surface area contributed by atoms with E-state index in [1.165, 1.54) is 6.42 Å². The molecule has 0 aliphatic carbocycles. The molecule has 0 saturated heterocycles. The fourth-order valence-corrected chi connectivity index (χ4v) is 1.54. The summed E-state index contributed by atoms with van der Waals surface area (Å²) in [5.41, 5.74) is 0.646. The first-order valence-corrected chi connectivity index (χ1v) is 6.43. The Balaban J connectivity index is 2.05. The number of rotatable bonds is 8. The second kappa shape index (κ2) is 8.54. The van der Waals surface area contributed by atoms with Crippen LogP contribution in [0, 0.1) is 17.2 Å². The van der Waals surface area contributed by atoms with Crippen molar-refractivity contribution in [2.45, 2.75) is 26.7 Å². The SMILES string of the molecule is CC(C)CCCOCCOc1ccc(C#N)cc1. The van der Waals surface area contributed by atoms with Crippen molar-refractivity contribution < 1.29 is 9.47 Å². The van der Waals surface area contributed by atoms with Gasteiger partial charge < -0.3 is 9.47 Å². The molecule has 3 nitrogen and oxygen atoms in total. The zero-order valence-electron chi connectivity index (χ0n) is 11.2. The summed E-state index contributed by atoms with van der Waals surface area (Å²) >= 11 is 0. The summed E-state index contributed by atoms with van der Waals surface area (Å²) in [4.78, 5) is 0. The fourth-order valence-electron chi connectivity index (χ4n) is 1.54. The summed E-state index contributed by atoms with van der Waals surface area (Å²) in [5.74, 6) is 1.52. The average Bonchev–Trinajstić information content (AvgIpc) is 2.38. The average molecular weight is 247 g/mol. The molecule has 3 heteroatoms. The van der Waals surface area contributed by atoms with Crippen LogP contribution in [0.4, 0.5) is 0 Å². The van der Waals surface area contributed by atoms with E-state index in [0.717, 1.165) is 24.7 Å². The third-order valence-corrected chi connectivity index (χ3v) is 2.55. The first-order valence-electron chi connectivity index (χ1n) is 6.43. The van der Waals surface area contributed by atoms with Gasteiger partial charge in [0.15, 0.2) is 0 Å². The zero-order valence-corrected chi connectivity index (χ0v) is 11.2. The van der Waals surface area contributed by atoms with Crippen molar-refractivity contribution in [2.24, 2.45) is 5.92 Å². The Kier molecular flexibility index (Phi) is 6.90. The minimum atomic E-state index is 0.549. The van der Waals surface area contributed by atoms with Gasteiger partial charge in [0.25, 0.3) is 0 Å². The molecule has 0 fully saturated rings. The van der Waals surface area contributed by atoms with Crippen LogP contribution in [0.5, 0.6) is 5.75 Å². The largest absolute Gasteiger partial charge is 0.491 e. The maximum absolute atomic E-state index is 8.65. The molecule has 0 saturated carbocycles. The number of benzene rings is 1. The molecule has 0 heterocycles. The fraction of sp³-hybridized carbons (Fsp3) is 0.533. The normalized spacial score (nSPS) is 10.3. The van der Waals surface area contributed by atoms with Crippen LogP contribution in [0.2, 0.25) is 0 Å². The van der Waals surface area contributed by atoms with E-state index >= 15 is 0 Å². The highest BCUT2D eigenvalue weighted by Gasteiger charge is 1.96. The van der Waals surface area contributed by atoms with Crippen LogP contribution in [0.25, 0.3) is 0 Å². The van der Waals surface area contributed by atoms with E-state index in [4.69, 9.17) is 14.7 Å². The maximum Gasteiger partial charge on any atom is 0.119 e. The third-order valence-electron chi connectivity index (χ3n) is 2.55. The van der Waals surface area contributed by atoms with E-state index in [2.05, 4.69) is 19.9 Å². The van der Waals surface area contributed by atoms with Crippen LogP contribution >= 0.6 is 0 Å². The Morgan fingerprint density at radius 3 is 2.44 bits per heavy atom. The molecule has 0 aliphatic heterocycles. The third kappa shape index (κ3) is 6.27. The summed E-state index contributed by atoms with van der Waals surface area (Å²) in [6.45, 7) is 6.39. The van der Waals surface area contributed by atoms with Gasteiger partial charge in [-0.1, -0.05) is 13.8 Å². The first-order chi connectivity index (χ1) is 8.72. The standard InChI is InChI=1S/C15H21NO2/c1-13(2)4-3-9-17-10-11-18-15-7-5-14(12-16)6-8-15/h5-8,13H,3-4,9-11H2,1-2H3. The van der Waals surface area contributed by atoms with Crippen LogP contribution in [-0.4, -0.2) is 19.8 Å². The van der Waals surface area contributed by atoms with Crippen LogP contribution in [0.15, 0.2) is 24.3 Å². The van der Waals surface area contributed by atoms with Crippen molar-refractivity contribution in [1.29, 1.82) is 5.26 Å². The molecule has 98 valence electrons. The van der Waals surface area contributed by atoms with Gasteiger partial charge >= 0.3 is 0 Å². The van der Waals surface area contributed by atoms with E-state index in [1.54, 1.807) is 24.3 Å². The topological polar surface area (TPSA) is 42.2 Å². The van der Waals surface area contributed by atoms with Gasteiger partial charge in [0.2, 0.25) is 0 Å². The second-order valence-corrected chi connectivity index (χ2v) is 4.63. The monoisotopic (exact) mass is 247 g/mol. The van der Waals surface area contributed by atoms with E-state index < -0.39 is 0 Å². The molecule has 0 aromatic heterocycles. The van der Waals surface area contributed by atoms with Crippen LogP contribution < -0.4 is 4.74 Å². The highest BCUT2D eigenvalue weighted by atomic mass is 16.5. The summed E-state index contributed by atoms with van der Waals surface area (Å²) in [7, 11) is 0. The molecule has 0 radical (unpaired) electrons. The Bertz CT molecular complexity index is 365. The van der Waals surface area contributed by atoms with Gasteiger partial charge in [-0.3, -0.25) is 0 Å². The van der Waals surface area contributed by atoms with Gasteiger partial charge in [-0.15, -0.1) is 0 Å². The van der Waals surface area contributed by atoms with E-state index in [9.17, 15) is 0 Å². The lowest BCUT2D eigenvalue weighted by Gasteiger charge is -2.08. The molecular weight excluding hydrogens is 226 g/mol. The summed E-state index contributed by atoms with van der Waals surface area (Å²) in [6, 6.07) is 9.18. The van der Waals surface area contributed by atoms with Gasteiger partial charge in [-0.05, 0) is 43.0 Å². The Morgan fingerprint density at radius 2 is 1.83 bits per heavy atom. The molecule has 0 amide bonds. The van der Waals surface area contributed by atoms with Crippen molar-refractivity contribution in [1.82, 2.24) is 0 Å². The number of hydrogen-bond donors (Lipinski definition) is 0. The highest BCUT2D eigenvalue weighted by Crippen LogP contribution is 2.11. The smallest absolute Gasteiger partial charge is 0.119 e. The Labute approximate surface area is 109 Å². The van der Waals surface area contributed by atoms with E-state index in [0.29, 0.717) is 18.8 Å². The number of hydrogen-bond acceptors (Lipinski definition) is 3. The van der Waals surface area contributed by atoms with Crippen LogP contribution in [0.3, 0.4) is 0 Å². The predicted octanol–water partition coefficient (Wildman–Crippen LogP) is 3.39. The lowest BCUT2D eigenvalue weighted by molar-refractivity contribution is 0.0957. The maximum atomic E-state index is 8.65. The Morgan fingerprint density at radius 1 is 1.11 bits per heavy atom. The molecule has 0 atom stereocenters. The van der Waals surface area contributed by atoms with Gasteiger partial charge in [0.1, 0.15) is 12.4 Å². The van der Waals surface area contributed by atoms with Gasteiger partial charge in [-0.2, -0.15) is 5.26 Å². The summed E-state index contributed by atoms with van der Waals surface area (Å²) < 4.78 is 11.0. The molecule has 0 N–H and O–H groups in total. The molecule has 1 aromatic carbocycles. The van der Waals surface area contributed by atoms with Crippen molar-refractivity contribution in [3.63, 3.8) is 0 Å². The van der Waals surface area contributed by atoms with Gasteiger partial charge in [-0.25, -0.2) is 0 Å². The molecule has 0 unspecified atom stereocenters. The summed E-state index contributed by atoms with van der Waals surface area (Å²) in [6.07, 6.45) is 2.31. The molecular formula is C15H21NO2. The molecule has 1 aromatic rings. The quantitative estimate of drug-likeness (QED) is 0.661. The van der Waals surface area contributed by atoms with Crippen LogP contribution in [-0.2, 0) is 4.74 Å². The molecule has 0 spiro atoms. The highest BCUT2D eigenvalue weighted by molar-refractivity contribution is 5.34. The van der Waals surface area contributed by atoms with Crippen molar-refractivity contribution in [2.75, 3.05) is 19.8 Å². The second-order valence-electron chi connectivity index (χ2n) is 4.63. The van der Waals surface area contributed by atoms with Crippen molar-refractivity contribution in [3.8, 4) is 11.8 Å². The molecule has 0 bridgehead atoms. The predicted molar refractivity (Wildman–Crippen MR) is 71.5 cm³/mol. The van der Waals surface area contributed by atoms with Crippen LogP contribution in [0.1, 0.15) is 32.3 Å². The van der Waals surface area contributed by atoms with E-state index in [-0.39, 0.29) is 0 Å². The number of ether oxygens (including phenoxy) is 2.